The van der Waals surface area contributed by atoms with Crippen molar-refractivity contribution in [1.82, 2.24) is 4.90 Å². The average Bonchev–Trinajstić information content (AvgIpc) is 2.85. The molecule has 0 aliphatic rings. The van der Waals surface area contributed by atoms with E-state index in [2.05, 4.69) is 5.32 Å². The lowest BCUT2D eigenvalue weighted by atomic mass is 10.1. The Bertz CT molecular complexity index is 1070. The molecule has 216 valence electrons. The first-order valence-corrected chi connectivity index (χ1v) is 13.5. The number of hydrogen-bond donors (Lipinski definition) is 2. The van der Waals surface area contributed by atoms with Gasteiger partial charge in [-0.2, -0.15) is 0 Å². The van der Waals surface area contributed by atoms with E-state index in [9.17, 15) is 23.5 Å². The minimum absolute atomic E-state index is 0.169. The van der Waals surface area contributed by atoms with Crippen LogP contribution in [0, 0.1) is 20.8 Å². The number of nitrogens with zero attached hydrogens (tertiary/aromatic N) is 1. The summed E-state index contributed by atoms with van der Waals surface area (Å²) < 4.78 is 37.4. The zero-order chi connectivity index (χ0) is 29.0. The molecule has 1 atom stereocenters. The summed E-state index contributed by atoms with van der Waals surface area (Å²) >= 11 is 0. The number of aryl methyl sites for hydroxylation is 3. The first-order chi connectivity index (χ1) is 18.4. The molecule has 39 heavy (non-hydrogen) atoms. The summed E-state index contributed by atoms with van der Waals surface area (Å²) in [4.78, 5) is 26.1. The number of carboxylic acid groups (broad SMARTS) is 1. The van der Waals surface area contributed by atoms with Gasteiger partial charge in [-0.15, -0.1) is 0 Å². The van der Waals surface area contributed by atoms with Crippen molar-refractivity contribution in [1.29, 1.82) is 0 Å². The standard InChI is InChI=1S/C30H42F2N2O5/c1-6-38-27(28(35)36)20-24-10-12-25(13-11-24)39-17-16-34(15-9-7-8-14-30(5,31)32)29(37)33-26-19-22(3)21(2)18-23(26)4/h10-13,18-19,27H,6-9,14-17,20H2,1-5H3,(H,33,37)(H,35,36). The molecule has 2 N–H and O–H groups in total. The molecule has 2 rings (SSSR count). The van der Waals surface area contributed by atoms with E-state index in [1.165, 1.54) is 0 Å². The third-order valence-electron chi connectivity index (χ3n) is 6.53. The largest absolute Gasteiger partial charge is 0.492 e. The number of unbranched alkanes of at least 4 members (excludes halogenated alkanes) is 2. The van der Waals surface area contributed by atoms with Crippen LogP contribution in [-0.2, 0) is 16.0 Å². The maximum Gasteiger partial charge on any atom is 0.333 e. The van der Waals surface area contributed by atoms with Gasteiger partial charge in [-0.1, -0.05) is 24.6 Å². The highest BCUT2D eigenvalue weighted by Gasteiger charge is 2.21. The van der Waals surface area contributed by atoms with Crippen molar-refractivity contribution in [3.8, 4) is 5.75 Å². The van der Waals surface area contributed by atoms with Gasteiger partial charge in [-0.3, -0.25) is 0 Å². The first kappa shape index (κ1) is 32.0. The Balaban J connectivity index is 1.98. The fourth-order valence-electron chi connectivity index (χ4n) is 4.15. The molecule has 0 aliphatic heterocycles. The number of carbonyl (C=O) groups is 2. The van der Waals surface area contributed by atoms with Crippen molar-refractivity contribution >= 4 is 17.7 Å². The number of carbonyl (C=O) groups excluding carboxylic acids is 1. The fourth-order valence-corrected chi connectivity index (χ4v) is 4.15. The van der Waals surface area contributed by atoms with E-state index >= 15 is 0 Å². The van der Waals surface area contributed by atoms with Gasteiger partial charge in [0.1, 0.15) is 12.4 Å². The summed E-state index contributed by atoms with van der Waals surface area (Å²) in [6.45, 7) is 9.91. The number of nitrogens with one attached hydrogen (secondary N) is 1. The minimum atomic E-state index is -2.68. The topological polar surface area (TPSA) is 88.1 Å². The SMILES string of the molecule is CCOC(Cc1ccc(OCCN(CCCCCC(C)(F)F)C(=O)Nc2cc(C)c(C)cc2C)cc1)C(=O)O. The van der Waals surface area contributed by atoms with Crippen molar-refractivity contribution in [2.24, 2.45) is 0 Å². The van der Waals surface area contributed by atoms with Crippen LogP contribution in [0.2, 0.25) is 0 Å². The van der Waals surface area contributed by atoms with Gasteiger partial charge in [0.15, 0.2) is 6.10 Å². The van der Waals surface area contributed by atoms with Gasteiger partial charge < -0.3 is 24.8 Å². The minimum Gasteiger partial charge on any atom is -0.492 e. The third-order valence-corrected chi connectivity index (χ3v) is 6.53. The Morgan fingerprint density at radius 3 is 2.28 bits per heavy atom. The quantitative estimate of drug-likeness (QED) is 0.226. The highest BCUT2D eigenvalue weighted by Crippen LogP contribution is 2.22. The van der Waals surface area contributed by atoms with Crippen LogP contribution in [0.15, 0.2) is 36.4 Å². The predicted octanol–water partition coefficient (Wildman–Crippen LogP) is 6.77. The summed E-state index contributed by atoms with van der Waals surface area (Å²) in [6, 6.07) is 10.8. The van der Waals surface area contributed by atoms with Gasteiger partial charge >= 0.3 is 12.0 Å². The van der Waals surface area contributed by atoms with Crippen LogP contribution in [0.3, 0.4) is 0 Å². The molecule has 0 aliphatic carbocycles. The second kappa shape index (κ2) is 15.4. The van der Waals surface area contributed by atoms with Gasteiger partial charge in [0, 0.05) is 31.7 Å². The van der Waals surface area contributed by atoms with Gasteiger partial charge in [0.25, 0.3) is 0 Å². The number of hydrogen-bond acceptors (Lipinski definition) is 4. The normalized spacial score (nSPS) is 12.2. The lowest BCUT2D eigenvalue weighted by Crippen LogP contribution is -2.38. The van der Waals surface area contributed by atoms with Crippen molar-refractivity contribution in [2.75, 3.05) is 31.6 Å². The molecule has 0 radical (unpaired) electrons. The number of ether oxygens (including phenoxy) is 2. The number of amides is 2. The molecule has 1 unspecified atom stereocenters. The van der Waals surface area contributed by atoms with E-state index in [1.807, 2.05) is 32.9 Å². The monoisotopic (exact) mass is 548 g/mol. The van der Waals surface area contributed by atoms with Crippen LogP contribution in [0.4, 0.5) is 19.3 Å². The van der Waals surface area contributed by atoms with Crippen molar-refractivity contribution in [3.05, 3.63) is 58.7 Å². The summed E-state index contributed by atoms with van der Waals surface area (Å²) in [5, 5.41) is 12.3. The van der Waals surface area contributed by atoms with E-state index in [4.69, 9.17) is 9.47 Å². The molecule has 0 heterocycles. The van der Waals surface area contributed by atoms with E-state index in [-0.39, 0.29) is 25.5 Å². The molecule has 0 spiro atoms. The number of anilines is 1. The summed E-state index contributed by atoms with van der Waals surface area (Å²) in [5.41, 5.74) is 4.73. The highest BCUT2D eigenvalue weighted by molar-refractivity contribution is 5.90. The Hall–Kier alpha value is -3.20. The Morgan fingerprint density at radius 1 is 1.00 bits per heavy atom. The van der Waals surface area contributed by atoms with Crippen LogP contribution in [0.1, 0.15) is 61.8 Å². The van der Waals surface area contributed by atoms with Crippen LogP contribution >= 0.6 is 0 Å². The van der Waals surface area contributed by atoms with E-state index in [1.54, 1.807) is 36.1 Å². The maximum atomic E-state index is 13.2. The number of halogens is 2. The van der Waals surface area contributed by atoms with Gasteiger partial charge in [-0.25, -0.2) is 18.4 Å². The smallest absolute Gasteiger partial charge is 0.333 e. The van der Waals surface area contributed by atoms with Crippen molar-refractivity contribution in [2.45, 2.75) is 78.7 Å². The van der Waals surface area contributed by atoms with Crippen LogP contribution in [0.5, 0.6) is 5.75 Å². The summed E-state index contributed by atoms with van der Waals surface area (Å²) in [7, 11) is 0. The van der Waals surface area contributed by atoms with Crippen LogP contribution < -0.4 is 10.1 Å². The van der Waals surface area contributed by atoms with Gasteiger partial charge in [-0.05, 0) is 87.9 Å². The van der Waals surface area contributed by atoms with E-state index < -0.39 is 18.0 Å². The zero-order valence-corrected chi connectivity index (χ0v) is 23.7. The number of rotatable bonds is 16. The highest BCUT2D eigenvalue weighted by atomic mass is 19.3. The zero-order valence-electron chi connectivity index (χ0n) is 23.7. The van der Waals surface area contributed by atoms with E-state index in [0.717, 1.165) is 34.9 Å². The average molecular weight is 549 g/mol. The van der Waals surface area contributed by atoms with Crippen LogP contribution in [0.25, 0.3) is 0 Å². The molecule has 7 nitrogen and oxygen atoms in total. The van der Waals surface area contributed by atoms with Gasteiger partial charge in [0.2, 0.25) is 5.92 Å². The summed E-state index contributed by atoms with van der Waals surface area (Å²) in [5.74, 6) is -3.09. The first-order valence-electron chi connectivity index (χ1n) is 13.5. The number of alkyl halides is 2. The second-order valence-electron chi connectivity index (χ2n) is 10.0. The van der Waals surface area contributed by atoms with E-state index in [0.29, 0.717) is 44.7 Å². The molecule has 9 heteroatoms. The van der Waals surface area contributed by atoms with Gasteiger partial charge in [0.05, 0.1) is 6.54 Å². The predicted molar refractivity (Wildman–Crippen MR) is 149 cm³/mol. The second-order valence-corrected chi connectivity index (χ2v) is 10.0. The molecule has 0 aromatic heterocycles. The third kappa shape index (κ3) is 11.6. The Labute approximate surface area is 230 Å². The summed E-state index contributed by atoms with van der Waals surface area (Å²) in [6.07, 6.45) is 0.770. The number of benzene rings is 2. The molecule has 2 amide bonds. The Kier molecular flexibility index (Phi) is 12.6. The molecular formula is C30H42F2N2O5. The lowest BCUT2D eigenvalue weighted by molar-refractivity contribution is -0.149. The Morgan fingerprint density at radius 2 is 1.67 bits per heavy atom. The van der Waals surface area contributed by atoms with Crippen LogP contribution in [-0.4, -0.2) is 60.3 Å². The molecule has 2 aromatic rings. The maximum absolute atomic E-state index is 13.2. The number of urea groups is 1. The molecular weight excluding hydrogens is 506 g/mol. The molecule has 0 fully saturated rings. The molecule has 0 saturated heterocycles. The lowest BCUT2D eigenvalue weighted by Gasteiger charge is -2.24. The number of aliphatic carboxylic acids is 1. The molecule has 0 bridgehead atoms. The fraction of sp³-hybridized carbons (Fsp3) is 0.533. The number of carboxylic acids is 1. The van der Waals surface area contributed by atoms with Crippen molar-refractivity contribution < 1.29 is 33.0 Å². The molecule has 0 saturated carbocycles. The van der Waals surface area contributed by atoms with Crippen molar-refractivity contribution in [3.63, 3.8) is 0 Å². The molecule has 2 aromatic carbocycles.